The van der Waals surface area contributed by atoms with Gasteiger partial charge in [-0.15, -0.1) is 11.3 Å². The quantitative estimate of drug-likeness (QED) is 0.847. The molecule has 4 rings (SSSR count). The number of thiazole rings is 1. The summed E-state index contributed by atoms with van der Waals surface area (Å²) in [6.45, 7) is 5.45. The first-order valence-corrected chi connectivity index (χ1v) is 9.19. The molecule has 2 aromatic rings. The Kier molecular flexibility index (Phi) is 4.34. The molecule has 1 fully saturated rings. The van der Waals surface area contributed by atoms with Crippen LogP contribution in [0.1, 0.15) is 35.3 Å². The van der Waals surface area contributed by atoms with Crippen LogP contribution in [0.5, 0.6) is 0 Å². The lowest BCUT2D eigenvalue weighted by atomic mass is 10.1. The van der Waals surface area contributed by atoms with Crippen LogP contribution in [0.15, 0.2) is 17.6 Å². The number of hydroxylamine groups is 2. The molecule has 0 bridgehead atoms. The van der Waals surface area contributed by atoms with Gasteiger partial charge in [0.25, 0.3) is 5.91 Å². The highest BCUT2D eigenvalue weighted by Crippen LogP contribution is 2.25. The normalized spacial score (nSPS) is 21.7. The van der Waals surface area contributed by atoms with Crippen LogP contribution in [0, 0.1) is 6.92 Å². The van der Waals surface area contributed by atoms with E-state index >= 15 is 0 Å². The van der Waals surface area contributed by atoms with Gasteiger partial charge >= 0.3 is 0 Å². The summed E-state index contributed by atoms with van der Waals surface area (Å²) in [5, 5.41) is 9.06. The number of aromatic nitrogens is 3. The van der Waals surface area contributed by atoms with Gasteiger partial charge in [-0.2, -0.15) is 5.10 Å². The van der Waals surface area contributed by atoms with Crippen molar-refractivity contribution in [3.8, 4) is 0 Å². The minimum absolute atomic E-state index is 0.00110. The molecule has 1 amide bonds. The van der Waals surface area contributed by atoms with Gasteiger partial charge in [0.05, 0.1) is 23.0 Å². The minimum Gasteiger partial charge on any atom is -0.289 e. The lowest BCUT2D eigenvalue weighted by molar-refractivity contribution is -0.201. The molecule has 0 radical (unpaired) electrons. The summed E-state index contributed by atoms with van der Waals surface area (Å²) >= 11 is 1.66. The molecule has 4 heterocycles. The molecule has 8 heteroatoms. The fourth-order valence-corrected chi connectivity index (χ4v) is 3.92. The summed E-state index contributed by atoms with van der Waals surface area (Å²) in [4.78, 5) is 25.3. The number of nitrogens with zero attached hydrogens (tertiary/aromatic N) is 5. The maximum absolute atomic E-state index is 12.9. The van der Waals surface area contributed by atoms with Crippen LogP contribution in [0.2, 0.25) is 0 Å². The zero-order valence-corrected chi connectivity index (χ0v) is 14.5. The van der Waals surface area contributed by atoms with E-state index in [-0.39, 0.29) is 11.9 Å². The Morgan fingerprint density at radius 1 is 1.46 bits per heavy atom. The largest absolute Gasteiger partial charge is 0.289 e. The summed E-state index contributed by atoms with van der Waals surface area (Å²) in [5.41, 5.74) is 2.12. The van der Waals surface area contributed by atoms with E-state index in [9.17, 15) is 4.79 Å². The molecule has 2 aliphatic rings. The summed E-state index contributed by atoms with van der Waals surface area (Å²) in [7, 11) is 0. The molecule has 128 valence electrons. The SMILES string of the molecule is Cc1nc(CN2Cc3ccnn3[C@@H](C(=O)N3CCCCO3)C2)cs1. The van der Waals surface area contributed by atoms with Crippen molar-refractivity contribution in [1.82, 2.24) is 24.7 Å². The summed E-state index contributed by atoms with van der Waals surface area (Å²) < 4.78 is 1.85. The van der Waals surface area contributed by atoms with Crippen LogP contribution < -0.4 is 0 Å². The second-order valence-electron chi connectivity index (χ2n) is 6.29. The van der Waals surface area contributed by atoms with E-state index in [0.717, 1.165) is 42.3 Å². The fourth-order valence-electron chi connectivity index (χ4n) is 3.31. The van der Waals surface area contributed by atoms with Crippen LogP contribution in [-0.4, -0.2) is 50.3 Å². The molecule has 0 aliphatic carbocycles. The van der Waals surface area contributed by atoms with Gasteiger partial charge in [-0.3, -0.25) is 19.2 Å². The third kappa shape index (κ3) is 3.09. The van der Waals surface area contributed by atoms with Crippen molar-refractivity contribution in [3.63, 3.8) is 0 Å². The zero-order valence-electron chi connectivity index (χ0n) is 13.7. The van der Waals surface area contributed by atoms with Crippen LogP contribution in [0.3, 0.4) is 0 Å². The molecular weight excluding hydrogens is 326 g/mol. The first kappa shape index (κ1) is 15.7. The summed E-state index contributed by atoms with van der Waals surface area (Å²) in [5.74, 6) is -0.00110. The topological polar surface area (TPSA) is 63.5 Å². The lowest BCUT2D eigenvalue weighted by Crippen LogP contribution is -2.47. The Morgan fingerprint density at radius 2 is 2.38 bits per heavy atom. The van der Waals surface area contributed by atoms with Gasteiger partial charge in [0.1, 0.15) is 6.04 Å². The standard InChI is InChI=1S/C16H21N5O2S/c1-12-18-13(11-24-12)8-19-9-14-4-5-17-21(14)15(10-19)16(22)20-6-2-3-7-23-20/h4-5,11,15H,2-3,6-10H2,1H3/t15-/m1/s1. The molecule has 0 N–H and O–H groups in total. The van der Waals surface area contributed by atoms with Crippen molar-refractivity contribution in [2.75, 3.05) is 19.7 Å². The van der Waals surface area contributed by atoms with Gasteiger partial charge in [0, 0.05) is 37.8 Å². The number of hydrogen-bond donors (Lipinski definition) is 0. The number of aryl methyl sites for hydroxylation is 1. The average molecular weight is 347 g/mol. The van der Waals surface area contributed by atoms with Crippen molar-refractivity contribution >= 4 is 17.2 Å². The highest BCUT2D eigenvalue weighted by molar-refractivity contribution is 7.09. The second-order valence-corrected chi connectivity index (χ2v) is 7.35. The Hall–Kier alpha value is -1.77. The summed E-state index contributed by atoms with van der Waals surface area (Å²) in [6, 6.07) is 1.65. The lowest BCUT2D eigenvalue weighted by Gasteiger charge is -2.36. The highest BCUT2D eigenvalue weighted by atomic mass is 32.1. The molecular formula is C16H21N5O2S. The molecule has 2 aliphatic heterocycles. The minimum atomic E-state index is -0.332. The maximum Gasteiger partial charge on any atom is 0.272 e. The first-order chi connectivity index (χ1) is 11.7. The molecule has 0 unspecified atom stereocenters. The van der Waals surface area contributed by atoms with E-state index in [1.54, 1.807) is 17.5 Å². The molecule has 1 saturated heterocycles. The van der Waals surface area contributed by atoms with Gasteiger partial charge in [-0.1, -0.05) is 0 Å². The molecule has 0 aromatic carbocycles. The van der Waals surface area contributed by atoms with Gasteiger partial charge < -0.3 is 0 Å². The van der Waals surface area contributed by atoms with Crippen molar-refractivity contribution in [2.24, 2.45) is 0 Å². The number of carbonyl (C=O) groups is 1. The maximum atomic E-state index is 12.9. The van der Waals surface area contributed by atoms with E-state index in [4.69, 9.17) is 4.84 Å². The van der Waals surface area contributed by atoms with Crippen molar-refractivity contribution in [2.45, 2.75) is 38.9 Å². The first-order valence-electron chi connectivity index (χ1n) is 8.31. The van der Waals surface area contributed by atoms with Gasteiger partial charge in [-0.05, 0) is 25.8 Å². The second kappa shape index (κ2) is 6.62. The Balaban J connectivity index is 1.53. The van der Waals surface area contributed by atoms with E-state index in [0.29, 0.717) is 19.7 Å². The molecule has 0 saturated carbocycles. The highest BCUT2D eigenvalue weighted by Gasteiger charge is 2.35. The van der Waals surface area contributed by atoms with Crippen molar-refractivity contribution < 1.29 is 9.63 Å². The number of rotatable bonds is 3. The Labute approximate surface area is 144 Å². The van der Waals surface area contributed by atoms with Crippen LogP contribution in [0.4, 0.5) is 0 Å². The van der Waals surface area contributed by atoms with Crippen LogP contribution >= 0.6 is 11.3 Å². The summed E-state index contributed by atoms with van der Waals surface area (Å²) in [6.07, 6.45) is 3.77. The average Bonchev–Trinajstić information content (AvgIpc) is 3.23. The molecule has 1 atom stereocenters. The van der Waals surface area contributed by atoms with E-state index in [1.165, 1.54) is 5.06 Å². The van der Waals surface area contributed by atoms with Gasteiger partial charge in [-0.25, -0.2) is 10.0 Å². The Morgan fingerprint density at radius 3 is 3.12 bits per heavy atom. The smallest absolute Gasteiger partial charge is 0.272 e. The number of fused-ring (bicyclic) bond motifs is 1. The van der Waals surface area contributed by atoms with Crippen LogP contribution in [0.25, 0.3) is 0 Å². The predicted octanol–water partition coefficient (Wildman–Crippen LogP) is 1.76. The third-order valence-corrected chi connectivity index (χ3v) is 5.27. The molecule has 0 spiro atoms. The van der Waals surface area contributed by atoms with Crippen LogP contribution in [-0.2, 0) is 22.7 Å². The molecule has 2 aromatic heterocycles. The predicted molar refractivity (Wildman–Crippen MR) is 89.1 cm³/mol. The van der Waals surface area contributed by atoms with Crippen molar-refractivity contribution in [3.05, 3.63) is 34.0 Å². The molecule has 7 nitrogen and oxygen atoms in total. The van der Waals surface area contributed by atoms with E-state index in [2.05, 4.69) is 20.4 Å². The zero-order chi connectivity index (χ0) is 16.5. The fraction of sp³-hybridized carbons (Fsp3) is 0.562. The number of amides is 1. The third-order valence-electron chi connectivity index (χ3n) is 4.45. The van der Waals surface area contributed by atoms with Gasteiger partial charge in [0.2, 0.25) is 0 Å². The number of hydrogen-bond acceptors (Lipinski definition) is 6. The van der Waals surface area contributed by atoms with Gasteiger partial charge in [0.15, 0.2) is 0 Å². The van der Waals surface area contributed by atoms with Crippen molar-refractivity contribution in [1.29, 1.82) is 0 Å². The Bertz CT molecular complexity index is 722. The molecule has 24 heavy (non-hydrogen) atoms. The van der Waals surface area contributed by atoms with E-state index < -0.39 is 0 Å². The van der Waals surface area contributed by atoms with E-state index in [1.807, 2.05) is 17.7 Å². The monoisotopic (exact) mass is 347 g/mol. The number of carbonyl (C=O) groups excluding carboxylic acids is 1.